The van der Waals surface area contributed by atoms with Crippen LogP contribution < -0.4 is 15.5 Å². The van der Waals surface area contributed by atoms with Gasteiger partial charge in [0, 0.05) is 30.4 Å². The molecular formula is C28H26N4O5. The number of urea groups is 1. The molecule has 3 aromatic carbocycles. The van der Waals surface area contributed by atoms with Crippen LogP contribution in [0.15, 0.2) is 78.9 Å². The number of carbonyl (C=O) groups excluding carboxylic acids is 4. The Hall–Kier alpha value is -4.50. The lowest BCUT2D eigenvalue weighted by Crippen LogP contribution is -2.46. The highest BCUT2D eigenvalue weighted by molar-refractivity contribution is 6.15. The van der Waals surface area contributed by atoms with Gasteiger partial charge in [0.2, 0.25) is 11.5 Å². The average Bonchev–Trinajstić information content (AvgIpc) is 3.39. The molecule has 1 heterocycles. The molecule has 0 radical (unpaired) electrons. The highest BCUT2D eigenvalue weighted by Gasteiger charge is 2.59. The summed E-state index contributed by atoms with van der Waals surface area (Å²) in [6, 6.07) is 23.4. The molecule has 1 aliphatic heterocycles. The van der Waals surface area contributed by atoms with Crippen LogP contribution in [0.25, 0.3) is 0 Å². The minimum absolute atomic E-state index is 0.00370. The predicted octanol–water partition coefficient (Wildman–Crippen LogP) is 2.81. The maximum absolute atomic E-state index is 13.6. The van der Waals surface area contributed by atoms with Crippen molar-refractivity contribution in [3.8, 4) is 0 Å². The van der Waals surface area contributed by atoms with E-state index in [1.807, 2.05) is 60.7 Å². The van der Waals surface area contributed by atoms with Gasteiger partial charge < -0.3 is 25.2 Å². The summed E-state index contributed by atoms with van der Waals surface area (Å²) in [5.41, 5.74) is 1.44. The number of nitrogens with zero attached hydrogens (tertiary/aromatic N) is 2. The van der Waals surface area contributed by atoms with E-state index in [1.165, 1.54) is 11.9 Å². The van der Waals surface area contributed by atoms with E-state index in [0.29, 0.717) is 29.0 Å². The number of para-hydroxylation sites is 1. The quantitative estimate of drug-likeness (QED) is 0.508. The highest BCUT2D eigenvalue weighted by atomic mass is 16.5. The van der Waals surface area contributed by atoms with E-state index in [4.69, 9.17) is 4.74 Å². The molecular weight excluding hydrogens is 472 g/mol. The van der Waals surface area contributed by atoms with Crippen molar-refractivity contribution in [3.63, 3.8) is 0 Å². The van der Waals surface area contributed by atoms with E-state index in [9.17, 15) is 19.2 Å². The third-order valence-corrected chi connectivity index (χ3v) is 6.62. The van der Waals surface area contributed by atoms with Crippen molar-refractivity contribution in [1.82, 2.24) is 10.2 Å². The number of benzene rings is 3. The zero-order valence-corrected chi connectivity index (χ0v) is 20.3. The largest absolute Gasteiger partial charge is 0.341 e. The molecule has 1 fully saturated rings. The first-order chi connectivity index (χ1) is 17.9. The number of amides is 4. The first kappa shape index (κ1) is 24.2. The fourth-order valence-electron chi connectivity index (χ4n) is 4.78. The van der Waals surface area contributed by atoms with Crippen LogP contribution in [-0.2, 0) is 37.7 Å². The molecule has 37 heavy (non-hydrogen) atoms. The molecule has 0 bridgehead atoms. The number of ether oxygens (including phenoxy) is 1. The summed E-state index contributed by atoms with van der Waals surface area (Å²) in [6.07, 6.45) is -0.00370. The Morgan fingerprint density at radius 2 is 1.70 bits per heavy atom. The second kappa shape index (κ2) is 9.87. The first-order valence-corrected chi connectivity index (χ1v) is 11.9. The molecule has 9 nitrogen and oxygen atoms in total. The highest BCUT2D eigenvalue weighted by Crippen LogP contribution is 2.43. The molecule has 1 spiro atoms. The number of ketones is 1. The van der Waals surface area contributed by atoms with E-state index in [0.717, 1.165) is 5.56 Å². The standard InChI is InChI=1S/C28H26N4O5/c1-29-27(36)30-21-12-13-23-20(14-21)15-24(33)28(23)26(35)31(18-37-28)17-25(34)32(22-10-6-3-7-11-22)16-19-8-4-2-5-9-19/h2-14H,15-18H2,1H3,(H2,29,30,36)/t28-/m1/s1. The van der Waals surface area contributed by atoms with Crippen molar-refractivity contribution in [2.24, 2.45) is 0 Å². The Balaban J connectivity index is 1.37. The summed E-state index contributed by atoms with van der Waals surface area (Å²) >= 11 is 0. The molecule has 5 rings (SSSR count). The molecule has 2 aliphatic rings. The Bertz CT molecular complexity index is 1360. The summed E-state index contributed by atoms with van der Waals surface area (Å²) in [5, 5.41) is 5.13. The molecule has 3 aromatic rings. The smallest absolute Gasteiger partial charge is 0.318 e. The topological polar surface area (TPSA) is 108 Å². The third kappa shape index (κ3) is 4.45. The molecule has 1 saturated heterocycles. The third-order valence-electron chi connectivity index (χ3n) is 6.62. The molecule has 0 aromatic heterocycles. The van der Waals surface area contributed by atoms with E-state index >= 15 is 0 Å². The number of Topliss-reactive ketones (excluding diaryl/α,β-unsaturated/α-hetero) is 1. The molecule has 1 aliphatic carbocycles. The van der Waals surface area contributed by atoms with Crippen LogP contribution in [0.4, 0.5) is 16.2 Å². The fourth-order valence-corrected chi connectivity index (χ4v) is 4.78. The monoisotopic (exact) mass is 498 g/mol. The summed E-state index contributed by atoms with van der Waals surface area (Å²) < 4.78 is 5.87. The Morgan fingerprint density at radius 3 is 2.41 bits per heavy atom. The maximum Gasteiger partial charge on any atom is 0.318 e. The zero-order chi connectivity index (χ0) is 26.0. The van der Waals surface area contributed by atoms with E-state index < -0.39 is 17.5 Å². The van der Waals surface area contributed by atoms with E-state index in [-0.39, 0.29) is 31.4 Å². The molecule has 188 valence electrons. The van der Waals surface area contributed by atoms with Gasteiger partial charge in [-0.3, -0.25) is 14.4 Å². The van der Waals surface area contributed by atoms with Crippen LogP contribution in [0, 0.1) is 0 Å². The van der Waals surface area contributed by atoms with Gasteiger partial charge in [0.15, 0.2) is 5.78 Å². The van der Waals surface area contributed by atoms with Crippen molar-refractivity contribution in [1.29, 1.82) is 0 Å². The molecule has 9 heteroatoms. The van der Waals surface area contributed by atoms with Crippen LogP contribution >= 0.6 is 0 Å². The lowest BCUT2D eigenvalue weighted by Gasteiger charge is -2.26. The number of anilines is 2. The second-order valence-corrected chi connectivity index (χ2v) is 8.93. The normalized spacial score (nSPS) is 18.1. The van der Waals surface area contributed by atoms with Gasteiger partial charge in [0.25, 0.3) is 5.91 Å². The minimum Gasteiger partial charge on any atom is -0.341 e. The van der Waals surface area contributed by atoms with Gasteiger partial charge in [-0.15, -0.1) is 0 Å². The maximum atomic E-state index is 13.6. The van der Waals surface area contributed by atoms with Crippen LogP contribution in [0.1, 0.15) is 16.7 Å². The molecule has 2 N–H and O–H groups in total. The Morgan fingerprint density at radius 1 is 1.00 bits per heavy atom. The van der Waals surface area contributed by atoms with Gasteiger partial charge in [-0.05, 0) is 35.4 Å². The van der Waals surface area contributed by atoms with Crippen molar-refractivity contribution in [2.45, 2.75) is 18.6 Å². The molecule has 0 saturated carbocycles. The van der Waals surface area contributed by atoms with Crippen LogP contribution in [0.5, 0.6) is 0 Å². The summed E-state index contributed by atoms with van der Waals surface area (Å²) in [6.45, 7) is -0.0796. The summed E-state index contributed by atoms with van der Waals surface area (Å²) in [4.78, 5) is 54.8. The second-order valence-electron chi connectivity index (χ2n) is 8.93. The van der Waals surface area contributed by atoms with Gasteiger partial charge in [-0.25, -0.2) is 4.79 Å². The lowest BCUT2D eigenvalue weighted by molar-refractivity contribution is -0.149. The number of carbonyl (C=O) groups is 4. The van der Waals surface area contributed by atoms with Gasteiger partial charge in [0.05, 0.1) is 6.54 Å². The number of rotatable bonds is 6. The molecule has 4 amide bonds. The van der Waals surface area contributed by atoms with E-state index in [1.54, 1.807) is 23.1 Å². The van der Waals surface area contributed by atoms with Gasteiger partial charge in [-0.1, -0.05) is 54.6 Å². The average molecular weight is 499 g/mol. The summed E-state index contributed by atoms with van der Waals surface area (Å²) in [7, 11) is 1.50. The zero-order valence-electron chi connectivity index (χ0n) is 20.3. The fraction of sp³-hybridized carbons (Fsp3) is 0.214. The van der Waals surface area contributed by atoms with Crippen molar-refractivity contribution < 1.29 is 23.9 Å². The van der Waals surface area contributed by atoms with E-state index in [2.05, 4.69) is 10.6 Å². The van der Waals surface area contributed by atoms with Crippen molar-refractivity contribution >= 4 is 35.0 Å². The number of fused-ring (bicyclic) bond motifs is 2. The van der Waals surface area contributed by atoms with Crippen LogP contribution in [-0.4, -0.2) is 48.9 Å². The van der Waals surface area contributed by atoms with Gasteiger partial charge in [-0.2, -0.15) is 0 Å². The lowest BCUT2D eigenvalue weighted by atomic mass is 9.94. The van der Waals surface area contributed by atoms with Crippen LogP contribution in [0.3, 0.4) is 0 Å². The molecule has 0 unspecified atom stereocenters. The number of hydrogen-bond acceptors (Lipinski definition) is 5. The predicted molar refractivity (Wildman–Crippen MR) is 137 cm³/mol. The Labute approximate surface area is 214 Å². The SMILES string of the molecule is CNC(=O)Nc1ccc2c(c1)CC(=O)[C@]21OCN(CC(=O)N(Cc2ccccc2)c2ccccc2)C1=O. The number of nitrogens with one attached hydrogen (secondary N) is 2. The Kier molecular flexibility index (Phi) is 6.45. The summed E-state index contributed by atoms with van der Waals surface area (Å²) in [5.74, 6) is -1.23. The first-order valence-electron chi connectivity index (χ1n) is 11.9. The van der Waals surface area contributed by atoms with Gasteiger partial charge in [0.1, 0.15) is 13.3 Å². The molecule has 1 atom stereocenters. The van der Waals surface area contributed by atoms with Crippen molar-refractivity contribution in [3.05, 3.63) is 95.6 Å². The van der Waals surface area contributed by atoms with Gasteiger partial charge >= 0.3 is 6.03 Å². The van der Waals surface area contributed by atoms with Crippen molar-refractivity contribution in [2.75, 3.05) is 30.5 Å². The van der Waals surface area contributed by atoms with Crippen LogP contribution in [0.2, 0.25) is 0 Å². The minimum atomic E-state index is -1.77. The number of hydrogen-bond donors (Lipinski definition) is 2.